The molecule has 2 heterocycles. The molecular weight excluding hydrogens is 354 g/mol. The van der Waals surface area contributed by atoms with E-state index in [9.17, 15) is 9.59 Å². The summed E-state index contributed by atoms with van der Waals surface area (Å²) in [6.45, 7) is 7.60. The fourth-order valence-electron chi connectivity index (χ4n) is 3.15. The summed E-state index contributed by atoms with van der Waals surface area (Å²) in [6, 6.07) is 10.4. The van der Waals surface area contributed by atoms with Gasteiger partial charge in [-0.15, -0.1) is 0 Å². The minimum atomic E-state index is -0.277. The Hall–Kier alpha value is -2.89. The van der Waals surface area contributed by atoms with Gasteiger partial charge in [-0.3, -0.25) is 14.6 Å². The summed E-state index contributed by atoms with van der Waals surface area (Å²) in [5, 5.41) is 2.84. The Balaban J connectivity index is 1.66. The van der Waals surface area contributed by atoms with E-state index in [-0.39, 0.29) is 17.9 Å². The molecule has 1 fully saturated rings. The Morgan fingerprint density at radius 1 is 1.14 bits per heavy atom. The molecular formula is C22H27N3O3. The van der Waals surface area contributed by atoms with E-state index in [4.69, 9.17) is 4.74 Å². The molecule has 0 spiro atoms. The van der Waals surface area contributed by atoms with Crippen molar-refractivity contribution in [1.29, 1.82) is 0 Å². The van der Waals surface area contributed by atoms with Crippen molar-refractivity contribution < 1.29 is 14.3 Å². The van der Waals surface area contributed by atoms with Crippen molar-refractivity contribution in [1.82, 2.24) is 9.88 Å². The first-order chi connectivity index (χ1) is 13.4. The van der Waals surface area contributed by atoms with Gasteiger partial charge in [0.25, 0.3) is 11.8 Å². The summed E-state index contributed by atoms with van der Waals surface area (Å²) in [4.78, 5) is 31.3. The lowest BCUT2D eigenvalue weighted by Crippen LogP contribution is -2.38. The van der Waals surface area contributed by atoms with Crippen molar-refractivity contribution in [3.8, 4) is 5.75 Å². The average molecular weight is 381 g/mol. The van der Waals surface area contributed by atoms with E-state index >= 15 is 0 Å². The zero-order valence-electron chi connectivity index (χ0n) is 16.6. The molecule has 1 aromatic carbocycles. The van der Waals surface area contributed by atoms with E-state index in [0.717, 1.165) is 31.7 Å². The second-order valence-corrected chi connectivity index (χ2v) is 7.55. The Bertz CT molecular complexity index is 825. The maximum atomic E-state index is 12.7. The Kier molecular flexibility index (Phi) is 6.29. The van der Waals surface area contributed by atoms with E-state index in [2.05, 4.69) is 17.2 Å². The van der Waals surface area contributed by atoms with Crippen LogP contribution in [0.3, 0.4) is 0 Å². The van der Waals surface area contributed by atoms with Crippen molar-refractivity contribution in [2.45, 2.75) is 39.7 Å². The number of amides is 2. The summed E-state index contributed by atoms with van der Waals surface area (Å²) in [6.07, 6.45) is 3.61. The number of hydrogen-bond donors (Lipinski definition) is 1. The van der Waals surface area contributed by atoms with Gasteiger partial charge in [-0.1, -0.05) is 6.92 Å². The highest BCUT2D eigenvalue weighted by molar-refractivity contribution is 6.05. The van der Waals surface area contributed by atoms with Gasteiger partial charge in [-0.25, -0.2) is 0 Å². The summed E-state index contributed by atoms with van der Waals surface area (Å²) in [7, 11) is 0. The van der Waals surface area contributed by atoms with Crippen LogP contribution in [0.5, 0.6) is 5.75 Å². The molecule has 1 aliphatic heterocycles. The minimum absolute atomic E-state index is 0.0938. The topological polar surface area (TPSA) is 71.5 Å². The third-order valence-electron chi connectivity index (χ3n) is 4.80. The number of carbonyl (C=O) groups is 2. The summed E-state index contributed by atoms with van der Waals surface area (Å²) < 4.78 is 5.60. The fraction of sp³-hybridized carbons (Fsp3) is 0.409. The van der Waals surface area contributed by atoms with E-state index in [1.54, 1.807) is 24.3 Å². The number of anilines is 1. The highest BCUT2D eigenvalue weighted by Crippen LogP contribution is 2.19. The molecule has 148 valence electrons. The average Bonchev–Trinajstić information content (AvgIpc) is 2.69. The van der Waals surface area contributed by atoms with Gasteiger partial charge < -0.3 is 15.0 Å². The Morgan fingerprint density at radius 2 is 1.82 bits per heavy atom. The van der Waals surface area contributed by atoms with Crippen molar-refractivity contribution in [3.05, 3.63) is 53.9 Å². The molecule has 1 aromatic heterocycles. The number of carbonyl (C=O) groups excluding carboxylic acids is 2. The van der Waals surface area contributed by atoms with E-state index in [1.165, 1.54) is 6.20 Å². The number of rotatable bonds is 5. The third kappa shape index (κ3) is 5.09. The number of pyridine rings is 1. The van der Waals surface area contributed by atoms with Crippen molar-refractivity contribution in [2.24, 2.45) is 5.92 Å². The molecule has 6 nitrogen and oxygen atoms in total. The monoisotopic (exact) mass is 381 g/mol. The quantitative estimate of drug-likeness (QED) is 0.850. The van der Waals surface area contributed by atoms with Crippen LogP contribution >= 0.6 is 0 Å². The van der Waals surface area contributed by atoms with Crippen LogP contribution in [0.1, 0.15) is 54.5 Å². The van der Waals surface area contributed by atoms with Crippen LogP contribution in [-0.4, -0.2) is 40.9 Å². The van der Waals surface area contributed by atoms with Gasteiger partial charge in [0.1, 0.15) is 11.4 Å². The molecule has 28 heavy (non-hydrogen) atoms. The minimum Gasteiger partial charge on any atom is -0.491 e. The number of hydrogen-bond acceptors (Lipinski definition) is 4. The van der Waals surface area contributed by atoms with Crippen LogP contribution in [0.25, 0.3) is 0 Å². The second kappa shape index (κ2) is 8.87. The number of benzene rings is 1. The molecule has 2 amide bonds. The maximum absolute atomic E-state index is 12.7. The molecule has 3 rings (SSSR count). The molecule has 1 aliphatic rings. The highest BCUT2D eigenvalue weighted by Gasteiger charge is 2.23. The van der Waals surface area contributed by atoms with Crippen LogP contribution in [0, 0.1) is 5.92 Å². The van der Waals surface area contributed by atoms with Crippen molar-refractivity contribution in [2.75, 3.05) is 18.4 Å². The van der Waals surface area contributed by atoms with Gasteiger partial charge in [-0.2, -0.15) is 0 Å². The summed E-state index contributed by atoms with van der Waals surface area (Å²) in [5.41, 5.74) is 1.38. The van der Waals surface area contributed by atoms with E-state index in [1.807, 2.05) is 30.9 Å². The van der Waals surface area contributed by atoms with E-state index < -0.39 is 0 Å². The zero-order valence-corrected chi connectivity index (χ0v) is 16.6. The molecule has 1 saturated heterocycles. The summed E-state index contributed by atoms with van der Waals surface area (Å²) >= 11 is 0. The van der Waals surface area contributed by atoms with Crippen LogP contribution in [0.2, 0.25) is 0 Å². The standard InChI is InChI=1S/C22H27N3O3/c1-15(2)28-19-6-4-18(5-7-19)24-21(26)17-8-11-23-20(14-17)22(27)25-12-9-16(3)10-13-25/h4-8,11,14-16H,9-10,12-13H2,1-3H3,(H,24,26). The number of likely N-dealkylation sites (tertiary alicyclic amines) is 1. The number of aromatic nitrogens is 1. The first kappa shape index (κ1) is 19.9. The fourth-order valence-corrected chi connectivity index (χ4v) is 3.15. The molecule has 1 N–H and O–H groups in total. The number of nitrogens with zero attached hydrogens (tertiary/aromatic N) is 2. The molecule has 0 radical (unpaired) electrons. The van der Waals surface area contributed by atoms with Crippen LogP contribution in [0.4, 0.5) is 5.69 Å². The molecule has 0 aliphatic carbocycles. The lowest BCUT2D eigenvalue weighted by molar-refractivity contribution is 0.0691. The Morgan fingerprint density at radius 3 is 2.46 bits per heavy atom. The first-order valence-corrected chi connectivity index (χ1v) is 9.76. The largest absolute Gasteiger partial charge is 0.491 e. The molecule has 0 atom stereocenters. The molecule has 6 heteroatoms. The number of nitrogens with one attached hydrogen (secondary N) is 1. The lowest BCUT2D eigenvalue weighted by atomic mass is 9.99. The molecule has 2 aromatic rings. The van der Waals surface area contributed by atoms with Crippen LogP contribution in [0.15, 0.2) is 42.6 Å². The maximum Gasteiger partial charge on any atom is 0.272 e. The highest BCUT2D eigenvalue weighted by atomic mass is 16.5. The van der Waals surface area contributed by atoms with Gasteiger partial charge >= 0.3 is 0 Å². The zero-order chi connectivity index (χ0) is 20.1. The van der Waals surface area contributed by atoms with Gasteiger partial charge in [0.05, 0.1) is 6.10 Å². The van der Waals surface area contributed by atoms with Crippen LogP contribution < -0.4 is 10.1 Å². The second-order valence-electron chi connectivity index (χ2n) is 7.55. The normalized spacial score (nSPS) is 14.8. The van der Waals surface area contributed by atoms with Crippen molar-refractivity contribution in [3.63, 3.8) is 0 Å². The van der Waals surface area contributed by atoms with Crippen molar-refractivity contribution >= 4 is 17.5 Å². The summed E-state index contributed by atoms with van der Waals surface area (Å²) in [5.74, 6) is 1.00. The predicted molar refractivity (Wildman–Crippen MR) is 109 cm³/mol. The van der Waals surface area contributed by atoms with Gasteiger partial charge in [0.15, 0.2) is 0 Å². The van der Waals surface area contributed by atoms with Gasteiger partial charge in [-0.05, 0) is 69.0 Å². The van der Waals surface area contributed by atoms with E-state index in [0.29, 0.717) is 22.9 Å². The third-order valence-corrected chi connectivity index (χ3v) is 4.80. The molecule has 0 bridgehead atoms. The van der Waals surface area contributed by atoms with Crippen LogP contribution in [-0.2, 0) is 0 Å². The Labute approximate surface area is 165 Å². The first-order valence-electron chi connectivity index (χ1n) is 9.76. The number of ether oxygens (including phenoxy) is 1. The number of piperidine rings is 1. The molecule has 0 saturated carbocycles. The predicted octanol–water partition coefficient (Wildman–Crippen LogP) is 3.99. The van der Waals surface area contributed by atoms with Gasteiger partial charge in [0.2, 0.25) is 0 Å². The lowest BCUT2D eigenvalue weighted by Gasteiger charge is -2.30. The van der Waals surface area contributed by atoms with Gasteiger partial charge in [0, 0.05) is 30.5 Å². The SMILES string of the molecule is CC1CCN(C(=O)c2cc(C(=O)Nc3ccc(OC(C)C)cc3)ccn2)CC1. The smallest absolute Gasteiger partial charge is 0.272 e. The molecule has 0 unspecified atom stereocenters.